The SMILES string of the molecule is CCC(C)OC(=O)CCCCC#CC(C)C. The van der Waals surface area contributed by atoms with Crippen LogP contribution in [0, 0.1) is 17.8 Å². The molecule has 0 saturated carbocycles. The topological polar surface area (TPSA) is 26.3 Å². The molecule has 0 aliphatic heterocycles. The van der Waals surface area contributed by atoms with Gasteiger partial charge in [0.15, 0.2) is 0 Å². The summed E-state index contributed by atoms with van der Waals surface area (Å²) in [4.78, 5) is 11.3. The van der Waals surface area contributed by atoms with E-state index in [1.807, 2.05) is 13.8 Å². The molecule has 1 unspecified atom stereocenters. The molecule has 0 aromatic carbocycles. The summed E-state index contributed by atoms with van der Waals surface area (Å²) in [5, 5.41) is 0. The zero-order valence-corrected chi connectivity index (χ0v) is 11.0. The zero-order valence-electron chi connectivity index (χ0n) is 11.0. The summed E-state index contributed by atoms with van der Waals surface area (Å²) >= 11 is 0. The van der Waals surface area contributed by atoms with E-state index >= 15 is 0 Å². The lowest BCUT2D eigenvalue weighted by molar-refractivity contribution is -0.148. The van der Waals surface area contributed by atoms with Gasteiger partial charge in [-0.05, 0) is 26.2 Å². The highest BCUT2D eigenvalue weighted by Gasteiger charge is 2.06. The van der Waals surface area contributed by atoms with Crippen molar-refractivity contribution < 1.29 is 9.53 Å². The second-order valence-electron chi connectivity index (χ2n) is 4.39. The van der Waals surface area contributed by atoms with Crippen molar-refractivity contribution in [3.8, 4) is 11.8 Å². The number of esters is 1. The quantitative estimate of drug-likeness (QED) is 0.392. The van der Waals surface area contributed by atoms with Gasteiger partial charge in [0.1, 0.15) is 0 Å². The van der Waals surface area contributed by atoms with Crippen molar-refractivity contribution in [1.29, 1.82) is 0 Å². The summed E-state index contributed by atoms with van der Waals surface area (Å²) in [6.45, 7) is 8.10. The van der Waals surface area contributed by atoms with Crippen molar-refractivity contribution in [3.05, 3.63) is 0 Å². The third-order valence-corrected chi connectivity index (χ3v) is 2.23. The van der Waals surface area contributed by atoms with Crippen LogP contribution >= 0.6 is 0 Å². The molecule has 1 atom stereocenters. The van der Waals surface area contributed by atoms with Gasteiger partial charge in [-0.15, -0.1) is 11.8 Å². The third kappa shape index (κ3) is 9.58. The van der Waals surface area contributed by atoms with Gasteiger partial charge in [0, 0.05) is 18.8 Å². The Morgan fingerprint density at radius 1 is 1.25 bits per heavy atom. The van der Waals surface area contributed by atoms with E-state index in [0.717, 1.165) is 25.7 Å². The van der Waals surface area contributed by atoms with Gasteiger partial charge >= 0.3 is 5.97 Å². The number of hydrogen-bond acceptors (Lipinski definition) is 2. The van der Waals surface area contributed by atoms with Crippen molar-refractivity contribution in [2.75, 3.05) is 0 Å². The molecule has 0 fully saturated rings. The van der Waals surface area contributed by atoms with Crippen LogP contribution in [0.5, 0.6) is 0 Å². The van der Waals surface area contributed by atoms with Gasteiger partial charge in [-0.25, -0.2) is 0 Å². The van der Waals surface area contributed by atoms with Crippen LogP contribution in [0.4, 0.5) is 0 Å². The van der Waals surface area contributed by atoms with Crippen molar-refractivity contribution in [3.63, 3.8) is 0 Å². The van der Waals surface area contributed by atoms with Crippen LogP contribution in [0.15, 0.2) is 0 Å². The molecule has 2 nitrogen and oxygen atoms in total. The van der Waals surface area contributed by atoms with E-state index in [2.05, 4.69) is 25.7 Å². The molecule has 0 aromatic heterocycles. The second kappa shape index (κ2) is 9.27. The second-order valence-corrected chi connectivity index (χ2v) is 4.39. The van der Waals surface area contributed by atoms with Crippen LogP contribution in [-0.4, -0.2) is 12.1 Å². The number of hydrogen-bond donors (Lipinski definition) is 0. The average Bonchev–Trinajstić information content (AvgIpc) is 2.22. The fraction of sp³-hybridized carbons (Fsp3) is 0.786. The van der Waals surface area contributed by atoms with E-state index in [4.69, 9.17) is 4.74 Å². The smallest absolute Gasteiger partial charge is 0.306 e. The molecule has 0 aromatic rings. The van der Waals surface area contributed by atoms with Gasteiger partial charge < -0.3 is 4.74 Å². The first kappa shape index (κ1) is 15.0. The van der Waals surface area contributed by atoms with Gasteiger partial charge in [-0.3, -0.25) is 4.79 Å². The maximum atomic E-state index is 11.3. The van der Waals surface area contributed by atoms with Crippen LogP contribution in [0.25, 0.3) is 0 Å². The normalized spacial score (nSPS) is 11.8. The average molecular weight is 224 g/mol. The number of rotatable bonds is 6. The number of ether oxygens (including phenoxy) is 1. The first-order valence-electron chi connectivity index (χ1n) is 6.24. The molecule has 0 spiro atoms. The fourth-order valence-electron chi connectivity index (χ4n) is 1.13. The third-order valence-electron chi connectivity index (χ3n) is 2.23. The molecule has 0 rings (SSSR count). The fourth-order valence-corrected chi connectivity index (χ4v) is 1.13. The highest BCUT2D eigenvalue weighted by molar-refractivity contribution is 5.69. The van der Waals surface area contributed by atoms with Crippen LogP contribution in [-0.2, 0) is 9.53 Å². The molecule has 16 heavy (non-hydrogen) atoms. The summed E-state index contributed by atoms with van der Waals surface area (Å²) in [7, 11) is 0. The molecule has 92 valence electrons. The lowest BCUT2D eigenvalue weighted by Crippen LogP contribution is -2.13. The van der Waals surface area contributed by atoms with Gasteiger partial charge in [0.25, 0.3) is 0 Å². The van der Waals surface area contributed by atoms with Gasteiger partial charge in [-0.2, -0.15) is 0 Å². The van der Waals surface area contributed by atoms with Crippen molar-refractivity contribution in [2.45, 2.75) is 65.9 Å². The summed E-state index contributed by atoms with van der Waals surface area (Å²) < 4.78 is 5.17. The monoisotopic (exact) mass is 224 g/mol. The molecule has 0 aliphatic rings. The number of carbonyl (C=O) groups excluding carboxylic acids is 1. The first-order valence-corrected chi connectivity index (χ1v) is 6.24. The molecular formula is C14H24O2. The Morgan fingerprint density at radius 2 is 1.94 bits per heavy atom. The Kier molecular flexibility index (Phi) is 8.71. The Bertz CT molecular complexity index is 245. The van der Waals surface area contributed by atoms with E-state index in [9.17, 15) is 4.79 Å². The van der Waals surface area contributed by atoms with E-state index in [1.54, 1.807) is 0 Å². The zero-order chi connectivity index (χ0) is 12.4. The number of unbranched alkanes of at least 4 members (excludes halogenated alkanes) is 2. The lowest BCUT2D eigenvalue weighted by atomic mass is 10.1. The molecule has 0 aliphatic carbocycles. The van der Waals surface area contributed by atoms with E-state index < -0.39 is 0 Å². The van der Waals surface area contributed by atoms with E-state index in [-0.39, 0.29) is 12.1 Å². The molecular weight excluding hydrogens is 200 g/mol. The van der Waals surface area contributed by atoms with Crippen LogP contribution in [0.1, 0.15) is 59.8 Å². The highest BCUT2D eigenvalue weighted by atomic mass is 16.5. The highest BCUT2D eigenvalue weighted by Crippen LogP contribution is 2.04. The Morgan fingerprint density at radius 3 is 2.50 bits per heavy atom. The molecule has 0 amide bonds. The Labute approximate surface area is 99.8 Å². The molecule has 0 saturated heterocycles. The molecule has 2 heteroatoms. The standard InChI is InChI=1S/C14H24O2/c1-5-13(4)16-14(15)11-9-7-6-8-10-12(2)3/h12-13H,5-7,9,11H2,1-4H3. The minimum absolute atomic E-state index is 0.0493. The van der Waals surface area contributed by atoms with Crippen LogP contribution in [0.2, 0.25) is 0 Å². The minimum Gasteiger partial charge on any atom is -0.463 e. The minimum atomic E-state index is -0.0776. The maximum Gasteiger partial charge on any atom is 0.306 e. The van der Waals surface area contributed by atoms with E-state index in [0.29, 0.717) is 12.3 Å². The van der Waals surface area contributed by atoms with Gasteiger partial charge in [0.05, 0.1) is 6.10 Å². The van der Waals surface area contributed by atoms with Gasteiger partial charge in [-0.1, -0.05) is 20.8 Å². The van der Waals surface area contributed by atoms with Crippen molar-refractivity contribution in [1.82, 2.24) is 0 Å². The van der Waals surface area contributed by atoms with Crippen molar-refractivity contribution in [2.24, 2.45) is 5.92 Å². The lowest BCUT2D eigenvalue weighted by Gasteiger charge is -2.09. The summed E-state index contributed by atoms with van der Waals surface area (Å²) in [6, 6.07) is 0. The Balaban J connectivity index is 3.46. The summed E-state index contributed by atoms with van der Waals surface area (Å²) in [6.07, 6.45) is 4.19. The van der Waals surface area contributed by atoms with Gasteiger partial charge in [0.2, 0.25) is 0 Å². The molecule has 0 radical (unpaired) electrons. The predicted octanol–water partition coefficient (Wildman–Crippen LogP) is 3.55. The molecule has 0 heterocycles. The number of carbonyl (C=O) groups is 1. The first-order chi connectivity index (χ1) is 7.56. The van der Waals surface area contributed by atoms with Crippen LogP contribution < -0.4 is 0 Å². The Hall–Kier alpha value is -0.970. The summed E-state index contributed by atoms with van der Waals surface area (Å²) in [5.74, 6) is 6.58. The van der Waals surface area contributed by atoms with Crippen LogP contribution in [0.3, 0.4) is 0 Å². The van der Waals surface area contributed by atoms with Crippen molar-refractivity contribution >= 4 is 5.97 Å². The summed E-state index contributed by atoms with van der Waals surface area (Å²) in [5.41, 5.74) is 0. The predicted molar refractivity (Wildman–Crippen MR) is 66.9 cm³/mol. The largest absolute Gasteiger partial charge is 0.463 e. The molecule has 0 bridgehead atoms. The maximum absolute atomic E-state index is 11.3. The van der Waals surface area contributed by atoms with E-state index in [1.165, 1.54) is 0 Å². The molecule has 0 N–H and O–H groups in total.